The number of rotatable bonds is 5. The normalized spacial score (nSPS) is 11.2. The van der Waals surface area contributed by atoms with Crippen LogP contribution in [-0.2, 0) is 25.8 Å². The lowest BCUT2D eigenvalue weighted by Gasteiger charge is -2.03. The predicted octanol–water partition coefficient (Wildman–Crippen LogP) is 1.59. The lowest BCUT2D eigenvalue weighted by Crippen LogP contribution is -2.04. The Morgan fingerprint density at radius 3 is 2.29 bits per heavy atom. The zero-order chi connectivity index (χ0) is 12.9. The number of aryl methyl sites for hydroxylation is 1. The summed E-state index contributed by atoms with van der Waals surface area (Å²) in [6.07, 6.45) is 0.857. The molecule has 0 aromatic heterocycles. The largest absolute Gasteiger partial charge is 0.469 e. The number of hydrogen-bond donors (Lipinski definition) is 0. The molecule has 0 aliphatic rings. The zero-order valence-corrected chi connectivity index (χ0v) is 10.8. The number of methoxy groups -OCH3 is 1. The van der Waals surface area contributed by atoms with Gasteiger partial charge in [0.15, 0.2) is 9.84 Å². The lowest BCUT2D eigenvalue weighted by atomic mass is 10.1. The van der Waals surface area contributed by atoms with Gasteiger partial charge in [-0.1, -0.05) is 19.1 Å². The van der Waals surface area contributed by atoms with Crippen molar-refractivity contribution in [2.24, 2.45) is 0 Å². The van der Waals surface area contributed by atoms with Crippen LogP contribution in [0.1, 0.15) is 18.9 Å². The van der Waals surface area contributed by atoms with E-state index in [1.807, 2.05) is 0 Å². The van der Waals surface area contributed by atoms with Gasteiger partial charge in [0.2, 0.25) is 0 Å². The summed E-state index contributed by atoms with van der Waals surface area (Å²) in [6, 6.07) is 6.61. The Balaban J connectivity index is 2.72. The highest BCUT2D eigenvalue weighted by molar-refractivity contribution is 7.91. The molecule has 0 radical (unpaired) electrons. The van der Waals surface area contributed by atoms with Crippen LogP contribution < -0.4 is 0 Å². The van der Waals surface area contributed by atoms with Crippen molar-refractivity contribution in [1.82, 2.24) is 0 Å². The van der Waals surface area contributed by atoms with Gasteiger partial charge in [-0.25, -0.2) is 8.42 Å². The first kappa shape index (κ1) is 13.7. The van der Waals surface area contributed by atoms with Crippen LogP contribution in [0.2, 0.25) is 0 Å². The molecule has 1 rings (SSSR count). The summed E-state index contributed by atoms with van der Waals surface area (Å²) < 4.78 is 27.6. The second kappa shape index (κ2) is 5.82. The summed E-state index contributed by atoms with van der Waals surface area (Å²) >= 11 is 0. The zero-order valence-electron chi connectivity index (χ0n) is 9.97. The van der Waals surface area contributed by atoms with E-state index in [0.29, 0.717) is 17.7 Å². The highest BCUT2D eigenvalue weighted by Crippen LogP contribution is 2.13. The molecule has 0 N–H and O–H groups in total. The van der Waals surface area contributed by atoms with Crippen LogP contribution in [0, 0.1) is 0 Å². The first-order valence-electron chi connectivity index (χ1n) is 5.38. The van der Waals surface area contributed by atoms with Gasteiger partial charge in [0.25, 0.3) is 0 Å². The molecular weight excluding hydrogens is 240 g/mol. The third kappa shape index (κ3) is 3.85. The van der Waals surface area contributed by atoms with E-state index in [-0.39, 0.29) is 11.7 Å². The van der Waals surface area contributed by atoms with Crippen LogP contribution in [0.15, 0.2) is 29.2 Å². The Kier molecular flexibility index (Phi) is 4.69. The molecule has 0 atom stereocenters. The summed E-state index contributed by atoms with van der Waals surface area (Å²) in [5, 5.41) is 0. The molecule has 5 heteroatoms. The van der Waals surface area contributed by atoms with Crippen molar-refractivity contribution < 1.29 is 17.9 Å². The van der Waals surface area contributed by atoms with Crippen LogP contribution in [0.3, 0.4) is 0 Å². The average Bonchev–Trinajstić information content (AvgIpc) is 2.36. The molecule has 0 saturated heterocycles. The Hall–Kier alpha value is -1.36. The molecule has 1 aromatic carbocycles. The first-order chi connectivity index (χ1) is 7.99. The van der Waals surface area contributed by atoms with Gasteiger partial charge in [0.05, 0.1) is 17.8 Å². The topological polar surface area (TPSA) is 60.4 Å². The highest BCUT2D eigenvalue weighted by Gasteiger charge is 2.10. The van der Waals surface area contributed by atoms with Crippen LogP contribution in [0.4, 0.5) is 0 Å². The number of sulfone groups is 1. The summed E-state index contributed by atoms with van der Waals surface area (Å²) in [5.41, 5.74) is 0.922. The van der Waals surface area contributed by atoms with Crippen molar-refractivity contribution >= 4 is 15.8 Å². The summed E-state index contributed by atoms with van der Waals surface area (Å²) in [5.74, 6) is -0.177. The van der Waals surface area contributed by atoms with Crippen molar-refractivity contribution in [2.75, 3.05) is 12.9 Å². The minimum Gasteiger partial charge on any atom is -0.469 e. The first-order valence-corrected chi connectivity index (χ1v) is 7.03. The van der Waals surface area contributed by atoms with E-state index < -0.39 is 9.84 Å². The Labute approximate surface area is 102 Å². The highest BCUT2D eigenvalue weighted by atomic mass is 32.2. The fourth-order valence-corrected chi connectivity index (χ4v) is 2.26. The van der Waals surface area contributed by atoms with Gasteiger partial charge in [0.1, 0.15) is 0 Å². The SMILES string of the molecule is CCS(=O)(=O)c1ccc(CCC(=O)OC)cc1. The van der Waals surface area contributed by atoms with Gasteiger partial charge >= 0.3 is 5.97 Å². The van der Waals surface area contributed by atoms with Gasteiger partial charge in [0, 0.05) is 6.42 Å². The number of esters is 1. The van der Waals surface area contributed by atoms with Gasteiger partial charge in [-0.15, -0.1) is 0 Å². The van der Waals surface area contributed by atoms with E-state index in [1.54, 1.807) is 31.2 Å². The molecule has 4 nitrogen and oxygen atoms in total. The minimum atomic E-state index is -3.14. The maximum absolute atomic E-state index is 11.6. The standard InChI is InChI=1S/C12H16O4S/c1-3-17(14,15)11-7-4-10(5-8-11)6-9-12(13)16-2/h4-5,7-8H,3,6,9H2,1-2H3. The molecule has 94 valence electrons. The molecule has 0 bridgehead atoms. The fraction of sp³-hybridized carbons (Fsp3) is 0.417. The second-order valence-corrected chi connectivity index (χ2v) is 5.90. The van der Waals surface area contributed by atoms with Crippen LogP contribution >= 0.6 is 0 Å². The number of benzene rings is 1. The molecule has 0 amide bonds. The number of ether oxygens (including phenoxy) is 1. The maximum atomic E-state index is 11.6. The Bertz CT molecular complexity index is 474. The van der Waals surface area contributed by atoms with Gasteiger partial charge in [-0.05, 0) is 24.1 Å². The fourth-order valence-electron chi connectivity index (χ4n) is 1.38. The molecule has 0 aliphatic carbocycles. The van der Waals surface area contributed by atoms with Crippen LogP contribution in [0.25, 0.3) is 0 Å². The molecule has 0 saturated carbocycles. The van der Waals surface area contributed by atoms with Gasteiger partial charge in [-0.3, -0.25) is 4.79 Å². The number of carbonyl (C=O) groups is 1. The quantitative estimate of drug-likeness (QED) is 0.750. The summed E-state index contributed by atoms with van der Waals surface area (Å²) in [4.78, 5) is 11.3. The minimum absolute atomic E-state index is 0.0918. The van der Waals surface area contributed by atoms with E-state index in [4.69, 9.17) is 0 Å². The molecule has 17 heavy (non-hydrogen) atoms. The Morgan fingerprint density at radius 2 is 1.82 bits per heavy atom. The van der Waals surface area contributed by atoms with Crippen molar-refractivity contribution in [3.63, 3.8) is 0 Å². The predicted molar refractivity (Wildman–Crippen MR) is 64.5 cm³/mol. The third-order valence-corrected chi connectivity index (χ3v) is 4.26. The van der Waals surface area contributed by atoms with Gasteiger partial charge < -0.3 is 4.74 Å². The molecule has 0 aliphatic heterocycles. The Morgan fingerprint density at radius 1 is 1.24 bits per heavy atom. The van der Waals surface area contributed by atoms with E-state index in [0.717, 1.165) is 5.56 Å². The van der Waals surface area contributed by atoms with Crippen molar-refractivity contribution in [3.8, 4) is 0 Å². The van der Waals surface area contributed by atoms with Crippen LogP contribution in [-0.4, -0.2) is 27.2 Å². The monoisotopic (exact) mass is 256 g/mol. The maximum Gasteiger partial charge on any atom is 0.305 e. The van der Waals surface area contributed by atoms with Crippen molar-refractivity contribution in [1.29, 1.82) is 0 Å². The van der Waals surface area contributed by atoms with Crippen LogP contribution in [0.5, 0.6) is 0 Å². The molecule has 0 spiro atoms. The smallest absolute Gasteiger partial charge is 0.305 e. The van der Waals surface area contributed by atoms with E-state index in [9.17, 15) is 13.2 Å². The molecule has 0 heterocycles. The van der Waals surface area contributed by atoms with Gasteiger partial charge in [-0.2, -0.15) is 0 Å². The lowest BCUT2D eigenvalue weighted by molar-refractivity contribution is -0.140. The number of hydrogen-bond acceptors (Lipinski definition) is 4. The average molecular weight is 256 g/mol. The second-order valence-electron chi connectivity index (χ2n) is 3.62. The summed E-state index contributed by atoms with van der Waals surface area (Å²) in [6.45, 7) is 1.61. The van der Waals surface area contributed by atoms with E-state index in [1.165, 1.54) is 7.11 Å². The molecule has 1 aromatic rings. The summed E-state index contributed by atoms with van der Waals surface area (Å²) in [7, 11) is -1.80. The van der Waals surface area contributed by atoms with E-state index >= 15 is 0 Å². The van der Waals surface area contributed by atoms with Crippen molar-refractivity contribution in [3.05, 3.63) is 29.8 Å². The molecular formula is C12H16O4S. The van der Waals surface area contributed by atoms with E-state index in [2.05, 4.69) is 4.74 Å². The number of carbonyl (C=O) groups excluding carboxylic acids is 1. The molecule has 0 fully saturated rings. The third-order valence-electron chi connectivity index (χ3n) is 2.51. The molecule has 0 unspecified atom stereocenters. The van der Waals surface area contributed by atoms with Crippen molar-refractivity contribution in [2.45, 2.75) is 24.7 Å².